The maximum absolute atomic E-state index is 8.97. The number of anilines is 2. The fourth-order valence-corrected chi connectivity index (χ4v) is 1.67. The van der Waals surface area contributed by atoms with Crippen LogP contribution in [0.4, 0.5) is 11.4 Å². The van der Waals surface area contributed by atoms with Crippen molar-refractivity contribution in [2.45, 2.75) is 0 Å². The van der Waals surface area contributed by atoms with Gasteiger partial charge in [-0.2, -0.15) is 5.26 Å². The minimum atomic E-state index is 0.604. The van der Waals surface area contributed by atoms with Gasteiger partial charge in [0.2, 0.25) is 0 Å². The number of pyridine rings is 1. The van der Waals surface area contributed by atoms with Crippen molar-refractivity contribution < 1.29 is 0 Å². The molecular formula is C12H8BrN3. The topological polar surface area (TPSA) is 48.7 Å². The molecule has 1 aromatic heterocycles. The van der Waals surface area contributed by atoms with Gasteiger partial charge in [-0.1, -0.05) is 15.9 Å². The van der Waals surface area contributed by atoms with Crippen LogP contribution in [-0.2, 0) is 0 Å². The van der Waals surface area contributed by atoms with E-state index in [4.69, 9.17) is 5.26 Å². The molecule has 2 rings (SSSR count). The van der Waals surface area contributed by atoms with Crippen LogP contribution in [0, 0.1) is 11.3 Å². The Morgan fingerprint density at radius 3 is 2.88 bits per heavy atom. The number of hydrogen-bond acceptors (Lipinski definition) is 3. The second-order valence-electron chi connectivity index (χ2n) is 3.17. The Hall–Kier alpha value is -1.86. The normalized spacial score (nSPS) is 9.50. The lowest BCUT2D eigenvalue weighted by Gasteiger charge is -2.07. The van der Waals surface area contributed by atoms with Gasteiger partial charge in [0.1, 0.15) is 6.07 Å². The average Bonchev–Trinajstić information content (AvgIpc) is 2.31. The highest BCUT2D eigenvalue weighted by Crippen LogP contribution is 2.23. The van der Waals surface area contributed by atoms with Gasteiger partial charge in [-0.15, -0.1) is 0 Å². The summed E-state index contributed by atoms with van der Waals surface area (Å²) in [6.07, 6.45) is 3.42. The Balaban J connectivity index is 2.35. The molecule has 3 nitrogen and oxygen atoms in total. The zero-order valence-corrected chi connectivity index (χ0v) is 9.90. The minimum Gasteiger partial charge on any atom is -0.353 e. The van der Waals surface area contributed by atoms with E-state index in [9.17, 15) is 0 Å². The number of benzene rings is 1. The molecule has 1 N–H and O–H groups in total. The Kier molecular flexibility index (Phi) is 3.18. The van der Waals surface area contributed by atoms with Crippen LogP contribution in [0.3, 0.4) is 0 Å². The molecule has 2 aromatic rings. The van der Waals surface area contributed by atoms with Gasteiger partial charge in [0.25, 0.3) is 0 Å². The first-order valence-corrected chi connectivity index (χ1v) is 5.45. The fourth-order valence-electron chi connectivity index (χ4n) is 1.31. The zero-order chi connectivity index (χ0) is 11.4. The van der Waals surface area contributed by atoms with E-state index in [1.165, 1.54) is 0 Å². The SMILES string of the molecule is N#Cc1ccc(Br)cc1Nc1cccnc1. The van der Waals surface area contributed by atoms with Gasteiger partial charge in [-0.3, -0.25) is 4.98 Å². The Morgan fingerprint density at radius 2 is 2.19 bits per heavy atom. The summed E-state index contributed by atoms with van der Waals surface area (Å²) < 4.78 is 0.929. The first-order chi connectivity index (χ1) is 7.79. The Labute approximate surface area is 102 Å². The van der Waals surface area contributed by atoms with Crippen LogP contribution >= 0.6 is 15.9 Å². The van der Waals surface area contributed by atoms with E-state index in [0.29, 0.717) is 5.56 Å². The van der Waals surface area contributed by atoms with Crippen molar-refractivity contribution in [2.24, 2.45) is 0 Å². The molecule has 0 unspecified atom stereocenters. The smallest absolute Gasteiger partial charge is 0.101 e. The van der Waals surface area contributed by atoms with Gasteiger partial charge in [-0.05, 0) is 30.3 Å². The van der Waals surface area contributed by atoms with Crippen LogP contribution < -0.4 is 5.32 Å². The Morgan fingerprint density at radius 1 is 1.31 bits per heavy atom. The molecule has 0 fully saturated rings. The highest BCUT2D eigenvalue weighted by atomic mass is 79.9. The van der Waals surface area contributed by atoms with E-state index in [0.717, 1.165) is 15.8 Å². The fraction of sp³-hybridized carbons (Fsp3) is 0. The third-order valence-electron chi connectivity index (χ3n) is 2.04. The quantitative estimate of drug-likeness (QED) is 0.912. The summed E-state index contributed by atoms with van der Waals surface area (Å²) in [7, 11) is 0. The van der Waals surface area contributed by atoms with E-state index < -0.39 is 0 Å². The van der Waals surface area contributed by atoms with Crippen molar-refractivity contribution >= 4 is 27.3 Å². The van der Waals surface area contributed by atoms with Gasteiger partial charge >= 0.3 is 0 Å². The summed E-state index contributed by atoms with van der Waals surface area (Å²) in [5, 5.41) is 12.1. The lowest BCUT2D eigenvalue weighted by molar-refractivity contribution is 1.32. The van der Waals surface area contributed by atoms with Crippen LogP contribution in [0.15, 0.2) is 47.2 Å². The molecule has 16 heavy (non-hydrogen) atoms. The molecule has 1 aromatic carbocycles. The number of nitriles is 1. The lowest BCUT2D eigenvalue weighted by Crippen LogP contribution is -1.93. The first-order valence-electron chi connectivity index (χ1n) is 4.66. The van der Waals surface area contributed by atoms with Crippen molar-refractivity contribution in [1.82, 2.24) is 4.98 Å². The van der Waals surface area contributed by atoms with E-state index >= 15 is 0 Å². The van der Waals surface area contributed by atoms with E-state index in [-0.39, 0.29) is 0 Å². The summed E-state index contributed by atoms with van der Waals surface area (Å²) in [5.41, 5.74) is 2.23. The molecule has 0 amide bonds. The molecule has 0 saturated heterocycles. The van der Waals surface area contributed by atoms with Crippen LogP contribution in [0.5, 0.6) is 0 Å². The molecule has 4 heteroatoms. The predicted molar refractivity (Wildman–Crippen MR) is 66.4 cm³/mol. The maximum Gasteiger partial charge on any atom is 0.101 e. The van der Waals surface area contributed by atoms with Crippen molar-refractivity contribution in [2.75, 3.05) is 5.32 Å². The third kappa shape index (κ3) is 2.38. The largest absolute Gasteiger partial charge is 0.353 e. The van der Waals surface area contributed by atoms with E-state index in [2.05, 4.69) is 32.3 Å². The third-order valence-corrected chi connectivity index (χ3v) is 2.54. The molecule has 0 spiro atoms. The van der Waals surface area contributed by atoms with Gasteiger partial charge in [0.15, 0.2) is 0 Å². The maximum atomic E-state index is 8.97. The predicted octanol–water partition coefficient (Wildman–Crippen LogP) is 3.46. The number of hydrogen-bond donors (Lipinski definition) is 1. The Bertz CT molecular complexity index is 532. The average molecular weight is 274 g/mol. The van der Waals surface area contributed by atoms with Gasteiger partial charge in [0, 0.05) is 10.7 Å². The van der Waals surface area contributed by atoms with Crippen LogP contribution in [0.25, 0.3) is 0 Å². The summed E-state index contributed by atoms with van der Waals surface area (Å²) in [6, 6.07) is 11.4. The number of rotatable bonds is 2. The molecular weight excluding hydrogens is 266 g/mol. The van der Waals surface area contributed by atoms with Crippen molar-refractivity contribution in [3.63, 3.8) is 0 Å². The van der Waals surface area contributed by atoms with Crippen LogP contribution in [-0.4, -0.2) is 4.98 Å². The number of aromatic nitrogens is 1. The summed E-state index contributed by atoms with van der Waals surface area (Å²) in [4.78, 5) is 4.00. The van der Waals surface area contributed by atoms with Crippen LogP contribution in [0.1, 0.15) is 5.56 Å². The highest BCUT2D eigenvalue weighted by Gasteiger charge is 2.02. The number of nitrogens with zero attached hydrogens (tertiary/aromatic N) is 2. The van der Waals surface area contributed by atoms with Gasteiger partial charge in [-0.25, -0.2) is 0 Å². The van der Waals surface area contributed by atoms with Crippen molar-refractivity contribution in [3.8, 4) is 6.07 Å². The summed E-state index contributed by atoms with van der Waals surface area (Å²) in [6.45, 7) is 0. The van der Waals surface area contributed by atoms with Crippen LogP contribution in [0.2, 0.25) is 0 Å². The molecule has 1 heterocycles. The monoisotopic (exact) mass is 273 g/mol. The highest BCUT2D eigenvalue weighted by molar-refractivity contribution is 9.10. The van der Waals surface area contributed by atoms with Crippen molar-refractivity contribution in [1.29, 1.82) is 5.26 Å². The molecule has 78 valence electrons. The molecule has 0 aliphatic heterocycles. The van der Waals surface area contributed by atoms with Gasteiger partial charge < -0.3 is 5.32 Å². The molecule has 0 bridgehead atoms. The molecule has 0 aliphatic rings. The number of halogens is 1. The minimum absolute atomic E-state index is 0.604. The zero-order valence-electron chi connectivity index (χ0n) is 8.31. The molecule has 0 atom stereocenters. The summed E-state index contributed by atoms with van der Waals surface area (Å²) >= 11 is 3.37. The second kappa shape index (κ2) is 4.77. The standard InChI is InChI=1S/C12H8BrN3/c13-10-4-3-9(7-14)12(6-10)16-11-2-1-5-15-8-11/h1-6,8,16H. The summed E-state index contributed by atoms with van der Waals surface area (Å²) in [5.74, 6) is 0. The van der Waals surface area contributed by atoms with Crippen molar-refractivity contribution in [3.05, 3.63) is 52.8 Å². The molecule has 0 radical (unpaired) electrons. The lowest BCUT2D eigenvalue weighted by atomic mass is 10.2. The van der Waals surface area contributed by atoms with Gasteiger partial charge in [0.05, 0.1) is 23.1 Å². The van der Waals surface area contributed by atoms with E-state index in [1.54, 1.807) is 18.5 Å². The molecule has 0 aliphatic carbocycles. The number of nitrogens with one attached hydrogen (secondary N) is 1. The first kappa shape index (κ1) is 10.7. The van der Waals surface area contributed by atoms with E-state index in [1.807, 2.05) is 24.3 Å². The molecule has 0 saturated carbocycles. The second-order valence-corrected chi connectivity index (χ2v) is 4.08.